The van der Waals surface area contributed by atoms with Crippen molar-refractivity contribution >= 4 is 35.1 Å². The van der Waals surface area contributed by atoms with Gasteiger partial charge in [0.2, 0.25) is 0 Å². The molecular weight excluding hydrogens is 403 g/mol. The summed E-state index contributed by atoms with van der Waals surface area (Å²) in [5.74, 6) is -1.94. The van der Waals surface area contributed by atoms with Gasteiger partial charge in [-0.3, -0.25) is 9.59 Å². The highest BCUT2D eigenvalue weighted by Crippen LogP contribution is 2.21. The van der Waals surface area contributed by atoms with E-state index in [-0.39, 0.29) is 24.7 Å². The van der Waals surface area contributed by atoms with E-state index in [2.05, 4.69) is 0 Å². The molecule has 0 aliphatic rings. The summed E-state index contributed by atoms with van der Waals surface area (Å²) in [6.45, 7) is 0.655. The zero-order valence-corrected chi connectivity index (χ0v) is 16.7. The van der Waals surface area contributed by atoms with Crippen molar-refractivity contribution in [1.29, 1.82) is 0 Å². The van der Waals surface area contributed by atoms with Crippen molar-refractivity contribution in [1.82, 2.24) is 0 Å². The Morgan fingerprint density at radius 3 is 1.21 bits per heavy atom. The summed E-state index contributed by atoms with van der Waals surface area (Å²) < 4.78 is 0. The van der Waals surface area contributed by atoms with E-state index in [1.807, 2.05) is 24.3 Å². The van der Waals surface area contributed by atoms with Gasteiger partial charge in [-0.1, -0.05) is 47.5 Å². The molecule has 0 saturated heterocycles. The van der Waals surface area contributed by atoms with E-state index in [0.717, 1.165) is 11.1 Å². The molecule has 0 aliphatic carbocycles. The molecule has 0 heterocycles. The van der Waals surface area contributed by atoms with Gasteiger partial charge in [-0.25, -0.2) is 0 Å². The number of aliphatic carboxylic acids is 2. The van der Waals surface area contributed by atoms with Gasteiger partial charge in [0.25, 0.3) is 0 Å². The number of carboxylic acids is 2. The summed E-state index contributed by atoms with van der Waals surface area (Å²) in [5.41, 5.74) is 12.8. The van der Waals surface area contributed by atoms with Crippen LogP contribution in [0.15, 0.2) is 48.5 Å². The SMILES string of the molecule is NC[C@@H](CC(=O)O)c1ccc(Cl)cc1.NC[C@H](CC(=O)O)c1ccc(Cl)cc1. The lowest BCUT2D eigenvalue weighted by molar-refractivity contribution is -0.138. The molecule has 0 unspecified atom stereocenters. The summed E-state index contributed by atoms with van der Waals surface area (Å²) in [5, 5.41) is 18.6. The van der Waals surface area contributed by atoms with Crippen LogP contribution < -0.4 is 11.5 Å². The van der Waals surface area contributed by atoms with Crippen LogP contribution in [0.1, 0.15) is 35.8 Å². The molecule has 0 bridgehead atoms. The van der Waals surface area contributed by atoms with Crippen molar-refractivity contribution in [2.24, 2.45) is 11.5 Å². The number of benzene rings is 2. The summed E-state index contributed by atoms with van der Waals surface area (Å²) in [6, 6.07) is 14.2. The van der Waals surface area contributed by atoms with E-state index in [1.165, 1.54) is 0 Å². The quantitative estimate of drug-likeness (QED) is 0.509. The van der Waals surface area contributed by atoms with E-state index >= 15 is 0 Å². The van der Waals surface area contributed by atoms with E-state index in [9.17, 15) is 9.59 Å². The molecule has 28 heavy (non-hydrogen) atoms. The third-order valence-electron chi connectivity index (χ3n) is 4.09. The predicted molar refractivity (Wildman–Crippen MR) is 111 cm³/mol. The van der Waals surface area contributed by atoms with Crippen molar-refractivity contribution in [3.8, 4) is 0 Å². The molecule has 0 fully saturated rings. The Balaban J connectivity index is 0.000000280. The normalized spacial score (nSPS) is 12.4. The lowest BCUT2D eigenvalue weighted by Gasteiger charge is -2.12. The average molecular weight is 427 g/mol. The number of hydrogen-bond acceptors (Lipinski definition) is 4. The van der Waals surface area contributed by atoms with Crippen molar-refractivity contribution in [2.45, 2.75) is 24.7 Å². The molecule has 0 radical (unpaired) electrons. The summed E-state index contributed by atoms with van der Waals surface area (Å²) in [4.78, 5) is 21.1. The highest BCUT2D eigenvalue weighted by Gasteiger charge is 2.14. The minimum atomic E-state index is -0.838. The molecule has 0 saturated carbocycles. The van der Waals surface area contributed by atoms with Crippen LogP contribution in [0.5, 0.6) is 0 Å². The molecular formula is C20H24Cl2N2O4. The topological polar surface area (TPSA) is 127 Å². The Morgan fingerprint density at radius 2 is 1.00 bits per heavy atom. The minimum Gasteiger partial charge on any atom is -0.481 e. The van der Waals surface area contributed by atoms with E-state index < -0.39 is 11.9 Å². The molecule has 0 spiro atoms. The maximum Gasteiger partial charge on any atom is 0.304 e. The van der Waals surface area contributed by atoms with Gasteiger partial charge in [0.1, 0.15) is 0 Å². The monoisotopic (exact) mass is 426 g/mol. The maximum absolute atomic E-state index is 10.5. The lowest BCUT2D eigenvalue weighted by Crippen LogP contribution is -2.16. The first-order chi connectivity index (χ1) is 13.3. The van der Waals surface area contributed by atoms with Gasteiger partial charge < -0.3 is 21.7 Å². The Labute approximate surface area is 174 Å². The number of carboxylic acid groups (broad SMARTS) is 2. The molecule has 0 aliphatic heterocycles. The fourth-order valence-corrected chi connectivity index (χ4v) is 2.82. The molecule has 2 atom stereocenters. The zero-order valence-electron chi connectivity index (χ0n) is 15.2. The zero-order chi connectivity index (χ0) is 21.1. The first kappa shape index (κ1) is 23.9. The van der Waals surface area contributed by atoms with Crippen molar-refractivity contribution in [3.05, 3.63) is 69.7 Å². The Morgan fingerprint density at radius 1 is 0.714 bits per heavy atom. The van der Waals surface area contributed by atoms with Crippen LogP contribution in [0.4, 0.5) is 0 Å². The smallest absolute Gasteiger partial charge is 0.304 e. The molecule has 0 aromatic heterocycles. The van der Waals surface area contributed by atoms with Crippen LogP contribution in [0.25, 0.3) is 0 Å². The fourth-order valence-electron chi connectivity index (χ4n) is 2.57. The molecule has 2 rings (SSSR count). The number of hydrogen-bond donors (Lipinski definition) is 4. The second-order valence-electron chi connectivity index (χ2n) is 6.16. The van der Waals surface area contributed by atoms with Crippen LogP contribution in [0.3, 0.4) is 0 Å². The van der Waals surface area contributed by atoms with E-state index in [4.69, 9.17) is 44.9 Å². The third-order valence-corrected chi connectivity index (χ3v) is 4.60. The van der Waals surface area contributed by atoms with Crippen LogP contribution in [-0.2, 0) is 9.59 Å². The molecule has 2 aromatic rings. The Kier molecular flexibility index (Phi) is 10.6. The van der Waals surface area contributed by atoms with Crippen molar-refractivity contribution < 1.29 is 19.8 Å². The molecule has 152 valence electrons. The Bertz CT molecular complexity index is 686. The number of nitrogens with two attached hydrogens (primary N) is 2. The van der Waals surface area contributed by atoms with Crippen LogP contribution in [0, 0.1) is 0 Å². The number of halogens is 2. The van der Waals surface area contributed by atoms with Gasteiger partial charge in [0.05, 0.1) is 12.8 Å². The Hall–Kier alpha value is -2.12. The molecule has 6 nitrogen and oxygen atoms in total. The average Bonchev–Trinajstić information content (AvgIpc) is 2.66. The highest BCUT2D eigenvalue weighted by molar-refractivity contribution is 6.30. The van der Waals surface area contributed by atoms with Gasteiger partial charge in [0, 0.05) is 21.9 Å². The van der Waals surface area contributed by atoms with Gasteiger partial charge >= 0.3 is 11.9 Å². The van der Waals surface area contributed by atoms with Crippen molar-refractivity contribution in [3.63, 3.8) is 0 Å². The minimum absolute atomic E-state index is 0.0537. The summed E-state index contributed by atoms with van der Waals surface area (Å²) in [6.07, 6.45) is 0.107. The first-order valence-corrected chi connectivity index (χ1v) is 9.37. The van der Waals surface area contributed by atoms with Crippen LogP contribution in [0.2, 0.25) is 10.0 Å². The van der Waals surface area contributed by atoms with Gasteiger partial charge in [-0.05, 0) is 48.5 Å². The molecule has 0 amide bonds. The second kappa shape index (κ2) is 12.4. The summed E-state index contributed by atoms with van der Waals surface area (Å²) in [7, 11) is 0. The van der Waals surface area contributed by atoms with E-state index in [0.29, 0.717) is 23.1 Å². The van der Waals surface area contributed by atoms with Crippen LogP contribution >= 0.6 is 23.2 Å². The second-order valence-corrected chi connectivity index (χ2v) is 7.04. The third kappa shape index (κ3) is 8.71. The summed E-state index contributed by atoms with van der Waals surface area (Å²) >= 11 is 11.4. The van der Waals surface area contributed by atoms with Gasteiger partial charge in [-0.15, -0.1) is 0 Å². The molecule has 2 aromatic carbocycles. The highest BCUT2D eigenvalue weighted by atomic mass is 35.5. The van der Waals surface area contributed by atoms with Crippen LogP contribution in [-0.4, -0.2) is 35.2 Å². The predicted octanol–water partition coefficient (Wildman–Crippen LogP) is 3.71. The maximum atomic E-state index is 10.5. The standard InChI is InChI=1S/2C10H12ClNO2/c2*11-9-3-1-7(2-4-9)8(6-12)5-10(13)14/h2*1-4,8H,5-6,12H2,(H,13,14)/t2*8-/m10/s1. The van der Waals surface area contributed by atoms with Gasteiger partial charge in [0.15, 0.2) is 0 Å². The fraction of sp³-hybridized carbons (Fsp3) is 0.300. The number of carbonyl (C=O) groups is 2. The van der Waals surface area contributed by atoms with Crippen molar-refractivity contribution in [2.75, 3.05) is 13.1 Å². The lowest BCUT2D eigenvalue weighted by atomic mass is 9.96. The molecule has 8 heteroatoms. The van der Waals surface area contributed by atoms with E-state index in [1.54, 1.807) is 24.3 Å². The first-order valence-electron chi connectivity index (χ1n) is 8.61. The molecule has 6 N–H and O–H groups in total. The van der Waals surface area contributed by atoms with Gasteiger partial charge in [-0.2, -0.15) is 0 Å². The number of rotatable bonds is 8. The largest absolute Gasteiger partial charge is 0.481 e.